The second kappa shape index (κ2) is 27.8. The van der Waals surface area contributed by atoms with Gasteiger partial charge in [-0.3, -0.25) is 4.79 Å². The molecule has 0 heterocycles. The molecule has 0 spiro atoms. The number of unbranched alkanes of at least 4 members (excludes halogenated alkanes) is 6. The third-order valence-electron chi connectivity index (χ3n) is 5.81. The van der Waals surface area contributed by atoms with Gasteiger partial charge >= 0.3 is 5.97 Å². The predicted molar refractivity (Wildman–Crippen MR) is 151 cm³/mol. The number of hydrogen-bond donors (Lipinski definition) is 1. The van der Waals surface area contributed by atoms with E-state index in [0.717, 1.165) is 12.2 Å². The lowest BCUT2D eigenvalue weighted by Gasteiger charge is -2.09. The number of hydrogen-bond acceptors (Lipinski definition) is 8. The second-order valence-corrected chi connectivity index (χ2v) is 9.18. The Morgan fingerprint density at radius 3 is 1.44 bits per heavy atom. The number of rotatable bonds is 30. The Morgan fingerprint density at radius 2 is 0.974 bits per heavy atom. The lowest BCUT2D eigenvalue weighted by Crippen LogP contribution is -2.15. The van der Waals surface area contributed by atoms with Gasteiger partial charge < -0.3 is 38.3 Å². The van der Waals surface area contributed by atoms with Crippen LogP contribution in [0, 0.1) is 0 Å². The monoisotopic (exact) mass is 556 g/mol. The summed E-state index contributed by atoms with van der Waals surface area (Å²) in [7, 11) is 0. The van der Waals surface area contributed by atoms with Crippen LogP contribution in [-0.2, 0) is 39.6 Å². The molecule has 9 nitrogen and oxygen atoms in total. The van der Waals surface area contributed by atoms with Gasteiger partial charge in [0.25, 0.3) is 0 Å². The van der Waals surface area contributed by atoms with Crippen LogP contribution in [0.3, 0.4) is 0 Å². The maximum absolute atomic E-state index is 10.3. The summed E-state index contributed by atoms with van der Waals surface area (Å²) in [6.07, 6.45) is 10.5. The Morgan fingerprint density at radius 1 is 0.564 bits per heavy atom. The summed E-state index contributed by atoms with van der Waals surface area (Å²) in [4.78, 5) is 10.3. The minimum Gasteiger partial charge on any atom is -0.491 e. The molecule has 0 unspecified atom stereocenters. The minimum absolute atomic E-state index is 0.00660. The molecule has 0 aliphatic carbocycles. The van der Waals surface area contributed by atoms with Crippen LogP contribution in [-0.4, -0.2) is 97.0 Å². The Labute approximate surface area is 235 Å². The van der Waals surface area contributed by atoms with E-state index in [9.17, 15) is 4.79 Å². The summed E-state index contributed by atoms with van der Waals surface area (Å²) in [6.45, 7) is 8.28. The molecule has 9 heteroatoms. The maximum atomic E-state index is 10.3. The van der Waals surface area contributed by atoms with Crippen LogP contribution < -0.4 is 4.74 Å². The van der Waals surface area contributed by atoms with Crippen LogP contribution in [0.5, 0.6) is 5.75 Å². The molecule has 1 rings (SSSR count). The van der Waals surface area contributed by atoms with Crippen LogP contribution in [0.25, 0.3) is 0 Å². The van der Waals surface area contributed by atoms with E-state index in [1.807, 2.05) is 12.1 Å². The first-order chi connectivity index (χ1) is 19.2. The lowest BCUT2D eigenvalue weighted by atomic mass is 10.0. The smallest absolute Gasteiger partial charge is 0.305 e. The van der Waals surface area contributed by atoms with Crippen molar-refractivity contribution in [2.24, 2.45) is 0 Å². The average molecular weight is 557 g/mol. The number of ether oxygens (including phenoxy) is 7. The van der Waals surface area contributed by atoms with Crippen LogP contribution in [0.4, 0.5) is 0 Å². The number of carboxylic acids is 1. The van der Waals surface area contributed by atoms with Crippen LogP contribution in [0.2, 0.25) is 0 Å². The first kappa shape index (κ1) is 35.3. The van der Waals surface area contributed by atoms with E-state index in [2.05, 4.69) is 19.1 Å². The van der Waals surface area contributed by atoms with Gasteiger partial charge in [0.15, 0.2) is 0 Å². The van der Waals surface area contributed by atoms with Gasteiger partial charge in [0.05, 0.1) is 85.7 Å². The summed E-state index contributed by atoms with van der Waals surface area (Å²) in [6, 6.07) is 8.42. The maximum Gasteiger partial charge on any atom is 0.305 e. The van der Waals surface area contributed by atoms with Crippen molar-refractivity contribution in [2.45, 2.75) is 64.7 Å². The van der Waals surface area contributed by atoms with Crippen molar-refractivity contribution in [1.29, 1.82) is 0 Å². The van der Waals surface area contributed by atoms with Gasteiger partial charge in [0, 0.05) is 0 Å². The van der Waals surface area contributed by atoms with Gasteiger partial charge in [-0.05, 0) is 30.5 Å². The normalized spacial score (nSPS) is 11.2. The van der Waals surface area contributed by atoms with E-state index in [1.165, 1.54) is 50.5 Å². The number of aryl methyl sites for hydroxylation is 1. The second-order valence-electron chi connectivity index (χ2n) is 9.18. The molecule has 1 aromatic rings. The molecule has 0 saturated carbocycles. The van der Waals surface area contributed by atoms with Crippen LogP contribution in [0.15, 0.2) is 24.3 Å². The molecule has 0 radical (unpaired) electrons. The van der Waals surface area contributed by atoms with Crippen molar-refractivity contribution >= 4 is 5.97 Å². The lowest BCUT2D eigenvalue weighted by molar-refractivity contribution is -0.138. The molecule has 0 aliphatic rings. The largest absolute Gasteiger partial charge is 0.491 e. The summed E-state index contributed by atoms with van der Waals surface area (Å²) in [5.41, 5.74) is 1.38. The summed E-state index contributed by atoms with van der Waals surface area (Å²) >= 11 is 0. The number of benzene rings is 1. The van der Waals surface area contributed by atoms with Gasteiger partial charge in [-0.15, -0.1) is 0 Å². The highest BCUT2D eigenvalue weighted by Gasteiger charge is 1.99. The molecule has 0 bridgehead atoms. The van der Waals surface area contributed by atoms with Crippen molar-refractivity contribution in [3.63, 3.8) is 0 Å². The standard InChI is InChI=1S/C30H52O9/c1-2-3-4-5-6-7-8-9-28-10-12-29(13-11-28)39-27-26-38-25-24-37-23-22-36-21-20-35-19-18-34-17-16-33-15-14-30(31)32/h10-13H,2-9,14-27H2,1H3,(H,31,32). The zero-order valence-electron chi connectivity index (χ0n) is 24.1. The van der Waals surface area contributed by atoms with Crippen LogP contribution >= 0.6 is 0 Å². The van der Waals surface area contributed by atoms with Crippen molar-refractivity contribution in [3.8, 4) is 5.75 Å². The molecule has 1 N–H and O–H groups in total. The molecule has 0 aliphatic heterocycles. The zero-order chi connectivity index (χ0) is 28.1. The SMILES string of the molecule is CCCCCCCCCc1ccc(OCCOCCOCCOCCOCCOCCOCCC(=O)O)cc1. The molecule has 0 atom stereocenters. The van der Waals surface area contributed by atoms with E-state index in [0.29, 0.717) is 79.3 Å². The highest BCUT2D eigenvalue weighted by Crippen LogP contribution is 2.15. The Bertz CT molecular complexity index is 654. The molecule has 0 saturated heterocycles. The fourth-order valence-corrected chi connectivity index (χ4v) is 3.62. The molecule has 0 fully saturated rings. The fraction of sp³-hybridized carbons (Fsp3) is 0.767. The van der Waals surface area contributed by atoms with Crippen LogP contribution in [0.1, 0.15) is 63.9 Å². The summed E-state index contributed by atoms with van der Waals surface area (Å²) in [5.74, 6) is 0.0148. The number of aliphatic carboxylic acids is 1. The predicted octanol–water partition coefficient (Wildman–Crippen LogP) is 4.93. The quantitative estimate of drug-likeness (QED) is 0.132. The molecule has 1 aromatic carbocycles. The van der Waals surface area contributed by atoms with Gasteiger partial charge in [0.2, 0.25) is 0 Å². The number of carbonyl (C=O) groups is 1. The molecular formula is C30H52O9. The molecule has 0 aromatic heterocycles. The molecule has 39 heavy (non-hydrogen) atoms. The third kappa shape index (κ3) is 25.0. The van der Waals surface area contributed by atoms with E-state index < -0.39 is 5.97 Å². The van der Waals surface area contributed by atoms with E-state index in [1.54, 1.807) is 0 Å². The highest BCUT2D eigenvalue weighted by molar-refractivity contribution is 5.66. The highest BCUT2D eigenvalue weighted by atomic mass is 16.6. The molecule has 0 amide bonds. The van der Waals surface area contributed by atoms with Gasteiger partial charge in [0.1, 0.15) is 12.4 Å². The van der Waals surface area contributed by atoms with Gasteiger partial charge in [-0.1, -0.05) is 57.6 Å². The Kier molecular flexibility index (Phi) is 25.1. The minimum atomic E-state index is -0.866. The fourth-order valence-electron chi connectivity index (χ4n) is 3.62. The molecule has 226 valence electrons. The summed E-state index contributed by atoms with van der Waals surface area (Å²) in [5, 5.41) is 8.48. The molecular weight excluding hydrogens is 504 g/mol. The first-order valence-corrected chi connectivity index (χ1v) is 14.6. The average Bonchev–Trinajstić information content (AvgIpc) is 2.94. The van der Waals surface area contributed by atoms with Crippen molar-refractivity contribution in [2.75, 3.05) is 85.9 Å². The zero-order valence-corrected chi connectivity index (χ0v) is 24.1. The summed E-state index contributed by atoms with van der Waals surface area (Å²) < 4.78 is 38.1. The Hall–Kier alpha value is -1.75. The van der Waals surface area contributed by atoms with E-state index in [-0.39, 0.29) is 13.0 Å². The van der Waals surface area contributed by atoms with Crippen molar-refractivity contribution in [3.05, 3.63) is 29.8 Å². The van der Waals surface area contributed by atoms with E-state index >= 15 is 0 Å². The van der Waals surface area contributed by atoms with Gasteiger partial charge in [-0.25, -0.2) is 0 Å². The number of carboxylic acid groups (broad SMARTS) is 1. The first-order valence-electron chi connectivity index (χ1n) is 14.6. The van der Waals surface area contributed by atoms with Gasteiger partial charge in [-0.2, -0.15) is 0 Å². The van der Waals surface area contributed by atoms with Crippen molar-refractivity contribution < 1.29 is 43.1 Å². The van der Waals surface area contributed by atoms with E-state index in [4.69, 9.17) is 38.3 Å². The third-order valence-corrected chi connectivity index (χ3v) is 5.81. The Balaban J connectivity index is 1.78. The topological polar surface area (TPSA) is 102 Å². The van der Waals surface area contributed by atoms with Crippen molar-refractivity contribution in [1.82, 2.24) is 0 Å².